The molecule has 1 aliphatic rings. The van der Waals surface area contributed by atoms with Gasteiger partial charge in [-0.3, -0.25) is 0 Å². The van der Waals surface area contributed by atoms with Crippen molar-refractivity contribution < 1.29 is 9.90 Å². The molecular formula is C46H47N3O2S. The molecule has 0 bridgehead atoms. The van der Waals surface area contributed by atoms with Gasteiger partial charge in [-0.15, -0.1) is 11.3 Å². The van der Waals surface area contributed by atoms with Crippen LogP contribution in [0.4, 0.5) is 17.1 Å². The summed E-state index contributed by atoms with van der Waals surface area (Å²) in [4.78, 5) is 18.8. The highest BCUT2D eigenvalue weighted by Gasteiger charge is 2.42. The Morgan fingerprint density at radius 2 is 1.37 bits per heavy atom. The lowest BCUT2D eigenvalue weighted by atomic mass is 9.70. The maximum atomic E-state index is 11.3. The van der Waals surface area contributed by atoms with Gasteiger partial charge in [-0.1, -0.05) is 132 Å². The van der Waals surface area contributed by atoms with Gasteiger partial charge >= 0.3 is 5.97 Å². The van der Waals surface area contributed by atoms with Crippen LogP contribution in [-0.4, -0.2) is 16.1 Å². The number of aliphatic carboxylic acids is 1. The lowest BCUT2D eigenvalue weighted by Gasteiger charge is -2.34. The second-order valence-corrected chi connectivity index (χ2v) is 14.7. The number of carbonyl (C=O) groups is 1. The number of hydrogen-bond acceptors (Lipinski definition) is 5. The van der Waals surface area contributed by atoms with Crippen LogP contribution in [0.2, 0.25) is 0 Å². The van der Waals surface area contributed by atoms with Crippen molar-refractivity contribution in [2.45, 2.75) is 83.5 Å². The van der Waals surface area contributed by atoms with E-state index < -0.39 is 5.97 Å². The Labute approximate surface area is 312 Å². The zero-order chi connectivity index (χ0) is 36.3. The molecule has 0 aliphatic heterocycles. The van der Waals surface area contributed by atoms with Crippen LogP contribution in [0.1, 0.15) is 105 Å². The standard InChI is InChI=1S/C46H47N3O2S/c1-3-5-7-15-27-46(28-16-8-6-4-2)42-29-34(22-26-44-48-33-39(52-44)30-35(32-47)45(50)51)21-24-40(42)41-25-23-38(31-43(41)46)49(36-17-11-9-12-18-36)37-19-13-10-14-20-37/h9-14,17-26,29-31,33H,3-8,15-16,27-28H2,1-2H3,(H,50,51)/b26-22+,35-30+. The molecule has 1 aliphatic carbocycles. The number of unbranched alkanes of at least 4 members (excludes halogenated alkanes) is 6. The van der Waals surface area contributed by atoms with Crippen LogP contribution in [0.15, 0.2) is 109 Å². The molecule has 1 aromatic heterocycles. The first-order valence-electron chi connectivity index (χ1n) is 18.7. The summed E-state index contributed by atoms with van der Waals surface area (Å²) in [6.45, 7) is 4.56. The predicted octanol–water partition coefficient (Wildman–Crippen LogP) is 13.0. The van der Waals surface area contributed by atoms with Gasteiger partial charge in [-0.2, -0.15) is 5.26 Å². The molecule has 0 amide bonds. The third-order valence-corrected chi connectivity index (χ3v) is 11.1. The van der Waals surface area contributed by atoms with E-state index in [0.29, 0.717) is 4.88 Å². The van der Waals surface area contributed by atoms with Crippen LogP contribution in [-0.2, 0) is 10.2 Å². The van der Waals surface area contributed by atoms with E-state index in [-0.39, 0.29) is 11.0 Å². The molecule has 0 atom stereocenters. The Balaban J connectivity index is 1.44. The summed E-state index contributed by atoms with van der Waals surface area (Å²) in [5, 5.41) is 19.2. The number of carboxylic acids is 1. The third-order valence-electron chi connectivity index (χ3n) is 10.2. The fourth-order valence-electron chi connectivity index (χ4n) is 7.61. The van der Waals surface area contributed by atoms with Crippen LogP contribution in [0.25, 0.3) is 29.4 Å². The maximum Gasteiger partial charge on any atom is 0.346 e. The number of hydrogen-bond donors (Lipinski definition) is 1. The Kier molecular flexibility index (Phi) is 12.2. The molecule has 6 rings (SSSR count). The SMILES string of the molecule is CCCCCCC1(CCCCCC)c2cc(/C=C/c3ncc(/C=C(\C#N)C(=O)O)s3)ccc2-c2ccc(N(c3ccccc3)c3ccccc3)cc21. The van der Waals surface area contributed by atoms with Gasteiger partial charge in [-0.05, 0) is 89.2 Å². The summed E-state index contributed by atoms with van der Waals surface area (Å²) < 4.78 is 0. The van der Waals surface area contributed by atoms with Gasteiger partial charge in [-0.25, -0.2) is 9.78 Å². The van der Waals surface area contributed by atoms with Crippen LogP contribution >= 0.6 is 11.3 Å². The highest BCUT2D eigenvalue weighted by Crippen LogP contribution is 2.56. The second kappa shape index (κ2) is 17.3. The van der Waals surface area contributed by atoms with Crippen molar-refractivity contribution in [1.29, 1.82) is 5.26 Å². The van der Waals surface area contributed by atoms with Crippen LogP contribution in [0.3, 0.4) is 0 Å². The molecule has 0 radical (unpaired) electrons. The number of nitrogens with zero attached hydrogens (tertiary/aromatic N) is 3. The molecular weight excluding hydrogens is 659 g/mol. The van der Waals surface area contributed by atoms with Crippen LogP contribution in [0.5, 0.6) is 0 Å². The number of carboxylic acid groups (broad SMARTS) is 1. The zero-order valence-electron chi connectivity index (χ0n) is 30.2. The number of nitriles is 1. The van der Waals surface area contributed by atoms with Crippen molar-refractivity contribution in [1.82, 2.24) is 4.98 Å². The monoisotopic (exact) mass is 705 g/mol. The Hall–Kier alpha value is -5.25. The maximum absolute atomic E-state index is 11.3. The zero-order valence-corrected chi connectivity index (χ0v) is 31.0. The van der Waals surface area contributed by atoms with Crippen molar-refractivity contribution in [3.8, 4) is 17.2 Å². The van der Waals surface area contributed by atoms with Crippen molar-refractivity contribution >= 4 is 52.6 Å². The molecule has 0 saturated carbocycles. The van der Waals surface area contributed by atoms with E-state index >= 15 is 0 Å². The number of benzene rings is 4. The third kappa shape index (κ3) is 8.11. The highest BCUT2D eigenvalue weighted by atomic mass is 32.1. The van der Waals surface area contributed by atoms with E-state index in [0.717, 1.165) is 34.8 Å². The molecule has 6 heteroatoms. The van der Waals surface area contributed by atoms with Gasteiger partial charge in [0.05, 0.1) is 0 Å². The van der Waals surface area contributed by atoms with Crippen molar-refractivity contribution in [3.63, 3.8) is 0 Å². The summed E-state index contributed by atoms with van der Waals surface area (Å²) in [7, 11) is 0. The normalized spacial score (nSPS) is 13.1. The Bertz CT molecular complexity index is 2020. The summed E-state index contributed by atoms with van der Waals surface area (Å²) in [6, 6.07) is 37.1. The fourth-order valence-corrected chi connectivity index (χ4v) is 8.38. The first-order chi connectivity index (χ1) is 25.5. The van der Waals surface area contributed by atoms with E-state index in [1.165, 1.54) is 96.7 Å². The molecule has 0 fully saturated rings. The summed E-state index contributed by atoms with van der Waals surface area (Å²) >= 11 is 1.37. The summed E-state index contributed by atoms with van der Waals surface area (Å²) in [5.41, 5.74) is 9.69. The Morgan fingerprint density at radius 3 is 1.94 bits per heavy atom. The minimum atomic E-state index is -1.24. The van der Waals surface area contributed by atoms with Gasteiger partial charge in [0.2, 0.25) is 0 Å². The first-order valence-corrected chi connectivity index (χ1v) is 19.5. The smallest absolute Gasteiger partial charge is 0.346 e. The number of aromatic nitrogens is 1. The molecule has 52 heavy (non-hydrogen) atoms. The first kappa shape index (κ1) is 36.5. The van der Waals surface area contributed by atoms with Crippen LogP contribution < -0.4 is 4.90 Å². The molecule has 0 unspecified atom stereocenters. The molecule has 5 aromatic rings. The molecule has 264 valence electrons. The molecule has 0 spiro atoms. The number of fused-ring (bicyclic) bond motifs is 3. The topological polar surface area (TPSA) is 77.2 Å². The van der Waals surface area contributed by atoms with E-state index in [1.54, 1.807) is 12.3 Å². The lowest BCUT2D eigenvalue weighted by molar-refractivity contribution is -0.132. The van der Waals surface area contributed by atoms with E-state index in [4.69, 9.17) is 0 Å². The number of para-hydroxylation sites is 2. The quantitative estimate of drug-likeness (QED) is 0.0592. The predicted molar refractivity (Wildman–Crippen MR) is 217 cm³/mol. The van der Waals surface area contributed by atoms with Crippen molar-refractivity contribution in [2.24, 2.45) is 0 Å². The van der Waals surface area contributed by atoms with Gasteiger partial charge < -0.3 is 10.0 Å². The van der Waals surface area contributed by atoms with E-state index in [9.17, 15) is 15.2 Å². The van der Waals surface area contributed by atoms with Gasteiger partial charge in [0.1, 0.15) is 16.6 Å². The molecule has 0 saturated heterocycles. The van der Waals surface area contributed by atoms with Crippen molar-refractivity contribution in [2.75, 3.05) is 4.90 Å². The van der Waals surface area contributed by atoms with Crippen LogP contribution in [0, 0.1) is 11.3 Å². The second-order valence-electron chi connectivity index (χ2n) is 13.7. The molecule has 1 heterocycles. The largest absolute Gasteiger partial charge is 0.477 e. The minimum absolute atomic E-state index is 0.102. The Morgan fingerprint density at radius 1 is 0.769 bits per heavy atom. The number of rotatable bonds is 17. The van der Waals surface area contributed by atoms with Gasteiger partial charge in [0.15, 0.2) is 0 Å². The number of thiazole rings is 1. The van der Waals surface area contributed by atoms with Gasteiger partial charge in [0.25, 0.3) is 0 Å². The molecule has 4 aromatic carbocycles. The van der Waals surface area contributed by atoms with Gasteiger partial charge in [0, 0.05) is 33.6 Å². The minimum Gasteiger partial charge on any atom is -0.477 e. The summed E-state index contributed by atoms with van der Waals surface area (Å²) in [6.07, 6.45) is 19.0. The van der Waals surface area contributed by atoms with E-state index in [1.807, 2.05) is 6.08 Å². The number of anilines is 3. The van der Waals surface area contributed by atoms with Crippen molar-refractivity contribution in [3.05, 3.63) is 135 Å². The lowest BCUT2D eigenvalue weighted by Crippen LogP contribution is -2.26. The fraction of sp³-hybridized carbons (Fsp3) is 0.283. The summed E-state index contributed by atoms with van der Waals surface area (Å²) in [5.74, 6) is -1.24. The molecule has 5 nitrogen and oxygen atoms in total. The average molecular weight is 706 g/mol. The highest BCUT2D eigenvalue weighted by molar-refractivity contribution is 7.13. The molecule has 1 N–H and O–H groups in total. The van der Waals surface area contributed by atoms with E-state index in [2.05, 4.69) is 127 Å². The average Bonchev–Trinajstić information content (AvgIpc) is 3.74.